The molecule has 0 radical (unpaired) electrons. The van der Waals surface area contributed by atoms with Gasteiger partial charge in [0, 0.05) is 43.7 Å². The summed E-state index contributed by atoms with van der Waals surface area (Å²) in [5.41, 5.74) is 5.25. The van der Waals surface area contributed by atoms with Gasteiger partial charge in [-0.05, 0) is 53.7 Å². The van der Waals surface area contributed by atoms with E-state index in [-0.39, 0.29) is 5.41 Å². The van der Waals surface area contributed by atoms with Gasteiger partial charge in [-0.1, -0.05) is 19.9 Å². The van der Waals surface area contributed by atoms with Crippen molar-refractivity contribution >= 4 is 17.1 Å². The summed E-state index contributed by atoms with van der Waals surface area (Å²) < 4.78 is 0. The van der Waals surface area contributed by atoms with Crippen LogP contribution in [0.3, 0.4) is 0 Å². The van der Waals surface area contributed by atoms with Crippen LogP contribution in [0.2, 0.25) is 0 Å². The summed E-state index contributed by atoms with van der Waals surface area (Å²) in [7, 11) is 5.42. The molecule has 0 N–H and O–H groups in total. The van der Waals surface area contributed by atoms with Crippen molar-refractivity contribution < 1.29 is 0 Å². The smallest absolute Gasteiger partial charge is 0.0840 e. The minimum atomic E-state index is 0.0174. The van der Waals surface area contributed by atoms with Gasteiger partial charge in [-0.2, -0.15) is 0 Å². The molecule has 1 rings (SSSR count). The standard InChI is InChI=1S/C9H12N2.C9H18N2.C2H6/c1-7-5-4-6-9(11-7)8(2)10-3;1-7(10-5)9(3,4)8(2)11-6;1-2/h4-6H,1-3H3;1-6H3;1-2H3. The summed E-state index contributed by atoms with van der Waals surface area (Å²) in [6.07, 6.45) is 0. The SMILES string of the molecule is CC.CN=C(C)C(C)(C)C(C)=NC.CN=C(C)c1cccc(C)n1. The fourth-order valence-electron chi connectivity index (χ4n) is 1.68. The monoisotopic (exact) mass is 332 g/mol. The van der Waals surface area contributed by atoms with Crippen LogP contribution in [0.4, 0.5) is 0 Å². The first-order valence-electron chi connectivity index (χ1n) is 8.45. The van der Waals surface area contributed by atoms with Gasteiger partial charge in [-0.25, -0.2) is 0 Å². The number of aryl methyl sites for hydroxylation is 1. The van der Waals surface area contributed by atoms with E-state index in [2.05, 4.69) is 33.8 Å². The Kier molecular flexibility index (Phi) is 12.8. The largest absolute Gasteiger partial charge is 0.297 e. The second-order valence-corrected chi connectivity index (χ2v) is 5.72. The predicted octanol–water partition coefficient (Wildman–Crippen LogP) is 5.05. The van der Waals surface area contributed by atoms with Gasteiger partial charge in [-0.3, -0.25) is 20.0 Å². The summed E-state index contributed by atoms with van der Waals surface area (Å²) in [5, 5.41) is 0. The molecule has 0 amide bonds. The summed E-state index contributed by atoms with van der Waals surface area (Å²) in [5.74, 6) is 0. The number of nitrogens with zero attached hydrogens (tertiary/aromatic N) is 4. The lowest BCUT2D eigenvalue weighted by Crippen LogP contribution is -2.29. The summed E-state index contributed by atoms with van der Waals surface area (Å²) in [6, 6.07) is 5.94. The molecule has 1 heterocycles. The van der Waals surface area contributed by atoms with E-state index < -0.39 is 0 Å². The van der Waals surface area contributed by atoms with Crippen molar-refractivity contribution in [2.45, 2.75) is 55.4 Å². The van der Waals surface area contributed by atoms with Gasteiger partial charge in [0.05, 0.1) is 11.4 Å². The van der Waals surface area contributed by atoms with E-state index in [0.29, 0.717) is 0 Å². The van der Waals surface area contributed by atoms with Crippen LogP contribution in [0.25, 0.3) is 0 Å². The molecule has 4 heteroatoms. The maximum atomic E-state index is 4.31. The number of rotatable bonds is 3. The third-order valence-electron chi connectivity index (χ3n) is 4.07. The fourth-order valence-corrected chi connectivity index (χ4v) is 1.68. The molecular formula is C20H36N4. The maximum Gasteiger partial charge on any atom is 0.0840 e. The zero-order valence-electron chi connectivity index (χ0n) is 17.5. The Balaban J connectivity index is 0. The first-order chi connectivity index (χ1) is 11.2. The summed E-state index contributed by atoms with van der Waals surface area (Å²) >= 11 is 0. The molecule has 136 valence electrons. The zero-order chi connectivity index (χ0) is 19.3. The van der Waals surface area contributed by atoms with Gasteiger partial charge < -0.3 is 0 Å². The molecule has 0 aliphatic carbocycles. The Bertz CT molecular complexity index is 547. The van der Waals surface area contributed by atoms with Crippen LogP contribution in [-0.2, 0) is 0 Å². The fraction of sp³-hybridized carbons (Fsp3) is 0.600. The van der Waals surface area contributed by atoms with Crippen LogP contribution in [-0.4, -0.2) is 43.3 Å². The van der Waals surface area contributed by atoms with Crippen molar-refractivity contribution in [2.24, 2.45) is 20.4 Å². The van der Waals surface area contributed by atoms with E-state index in [1.165, 1.54) is 0 Å². The Hall–Kier alpha value is -1.84. The van der Waals surface area contributed by atoms with E-state index >= 15 is 0 Å². The van der Waals surface area contributed by atoms with Crippen molar-refractivity contribution in [2.75, 3.05) is 21.1 Å². The number of aromatic nitrogens is 1. The molecule has 0 spiro atoms. The molecule has 0 bridgehead atoms. The van der Waals surface area contributed by atoms with Crippen LogP contribution >= 0.6 is 0 Å². The second-order valence-electron chi connectivity index (χ2n) is 5.72. The van der Waals surface area contributed by atoms with E-state index in [1.807, 2.05) is 73.8 Å². The minimum absolute atomic E-state index is 0.0174. The number of hydrogen-bond acceptors (Lipinski definition) is 4. The van der Waals surface area contributed by atoms with Gasteiger partial charge in [0.15, 0.2) is 0 Å². The van der Waals surface area contributed by atoms with Crippen molar-refractivity contribution in [1.29, 1.82) is 0 Å². The Labute approximate surface area is 149 Å². The lowest BCUT2D eigenvalue weighted by Gasteiger charge is -2.23. The average molecular weight is 333 g/mol. The van der Waals surface area contributed by atoms with Gasteiger partial charge in [0.1, 0.15) is 0 Å². The lowest BCUT2D eigenvalue weighted by molar-refractivity contribution is 0.715. The highest BCUT2D eigenvalue weighted by Crippen LogP contribution is 2.19. The second kappa shape index (κ2) is 12.6. The maximum absolute atomic E-state index is 4.31. The predicted molar refractivity (Wildman–Crippen MR) is 110 cm³/mol. The molecule has 4 nitrogen and oxygen atoms in total. The normalized spacial score (nSPS) is 12.7. The highest BCUT2D eigenvalue weighted by molar-refractivity contribution is 6.09. The highest BCUT2D eigenvalue weighted by Gasteiger charge is 2.23. The van der Waals surface area contributed by atoms with Crippen molar-refractivity contribution in [3.05, 3.63) is 29.6 Å². The van der Waals surface area contributed by atoms with Crippen LogP contribution in [0.5, 0.6) is 0 Å². The Morgan fingerprint density at radius 3 is 1.67 bits per heavy atom. The molecule has 0 saturated heterocycles. The molecule has 0 unspecified atom stereocenters. The first kappa shape index (κ1) is 24.4. The Morgan fingerprint density at radius 1 is 0.875 bits per heavy atom. The molecule has 0 aliphatic heterocycles. The quantitative estimate of drug-likeness (QED) is 0.715. The molecule has 0 saturated carbocycles. The molecule has 24 heavy (non-hydrogen) atoms. The average Bonchev–Trinajstić information content (AvgIpc) is 2.61. The number of pyridine rings is 1. The van der Waals surface area contributed by atoms with Gasteiger partial charge in [0.25, 0.3) is 0 Å². The third-order valence-corrected chi connectivity index (χ3v) is 4.07. The highest BCUT2D eigenvalue weighted by atomic mass is 14.8. The molecule has 0 aromatic carbocycles. The third kappa shape index (κ3) is 8.14. The molecule has 1 aromatic heterocycles. The zero-order valence-corrected chi connectivity index (χ0v) is 17.5. The molecule has 1 aromatic rings. The van der Waals surface area contributed by atoms with Crippen LogP contribution in [0.15, 0.2) is 33.2 Å². The minimum Gasteiger partial charge on any atom is -0.297 e. The Morgan fingerprint density at radius 2 is 1.33 bits per heavy atom. The summed E-state index contributed by atoms with van der Waals surface area (Å²) in [4.78, 5) is 16.7. The van der Waals surface area contributed by atoms with E-state index in [9.17, 15) is 0 Å². The number of aliphatic imine (C=N–C) groups is 3. The molecular weight excluding hydrogens is 296 g/mol. The van der Waals surface area contributed by atoms with Crippen LogP contribution in [0.1, 0.15) is 59.9 Å². The summed E-state index contributed by atoms with van der Waals surface area (Å²) in [6.45, 7) is 16.3. The molecule has 0 fully saturated rings. The van der Waals surface area contributed by atoms with Gasteiger partial charge in [0.2, 0.25) is 0 Å². The molecule has 0 atom stereocenters. The number of hydrogen-bond donors (Lipinski definition) is 0. The van der Waals surface area contributed by atoms with Crippen molar-refractivity contribution in [1.82, 2.24) is 4.98 Å². The van der Waals surface area contributed by atoms with Crippen molar-refractivity contribution in [3.8, 4) is 0 Å². The van der Waals surface area contributed by atoms with Gasteiger partial charge in [-0.15, -0.1) is 0 Å². The lowest BCUT2D eigenvalue weighted by atomic mass is 9.83. The van der Waals surface area contributed by atoms with E-state index in [0.717, 1.165) is 28.5 Å². The van der Waals surface area contributed by atoms with E-state index in [4.69, 9.17) is 0 Å². The van der Waals surface area contributed by atoms with Crippen LogP contribution in [0, 0.1) is 12.3 Å². The molecule has 0 aliphatic rings. The topological polar surface area (TPSA) is 50.0 Å². The van der Waals surface area contributed by atoms with E-state index in [1.54, 1.807) is 7.05 Å². The first-order valence-corrected chi connectivity index (χ1v) is 8.45. The van der Waals surface area contributed by atoms with Gasteiger partial charge >= 0.3 is 0 Å². The van der Waals surface area contributed by atoms with Crippen molar-refractivity contribution in [3.63, 3.8) is 0 Å². The van der Waals surface area contributed by atoms with Crippen LogP contribution < -0.4 is 0 Å².